The summed E-state index contributed by atoms with van der Waals surface area (Å²) in [4.78, 5) is 19.9. The number of allylic oxidation sites excluding steroid dienone is 1. The minimum Gasteiger partial charge on any atom is -0.497 e. The summed E-state index contributed by atoms with van der Waals surface area (Å²) in [6.45, 7) is 1.80. The number of rotatable bonds is 8. The van der Waals surface area contributed by atoms with Crippen LogP contribution < -0.4 is 19.5 Å². The number of hydrogen-bond donors (Lipinski definition) is 2. The van der Waals surface area contributed by atoms with E-state index in [0.29, 0.717) is 39.9 Å². The van der Waals surface area contributed by atoms with Crippen LogP contribution in [0.15, 0.2) is 60.7 Å². The molecule has 0 spiro atoms. The maximum absolute atomic E-state index is 12.3. The Morgan fingerprint density at radius 3 is 2.57 bits per heavy atom. The standard InChI is InChI=1S/C27H24N4O4/c1-17-4-7-20(8-5-17)29-26(32)16-35-24-11-6-18(13-25(24)34-3)12-19(15-28)27-30-22-10-9-21(33-2)14-23(22)31-27/h4-14H,16H2,1-3H3,(H,29,32)(H,30,31). The van der Waals surface area contributed by atoms with Crippen LogP contribution in [0, 0.1) is 18.3 Å². The van der Waals surface area contributed by atoms with Gasteiger partial charge in [0, 0.05) is 11.8 Å². The topological polar surface area (TPSA) is 109 Å². The second-order valence-corrected chi connectivity index (χ2v) is 7.75. The highest BCUT2D eigenvalue weighted by atomic mass is 16.5. The Morgan fingerprint density at radius 1 is 1.06 bits per heavy atom. The van der Waals surface area contributed by atoms with Crippen LogP contribution in [0.25, 0.3) is 22.7 Å². The summed E-state index contributed by atoms with van der Waals surface area (Å²) >= 11 is 0. The largest absolute Gasteiger partial charge is 0.497 e. The average Bonchev–Trinajstić information content (AvgIpc) is 3.30. The summed E-state index contributed by atoms with van der Waals surface area (Å²) in [5.74, 6) is 1.71. The first-order valence-electron chi connectivity index (χ1n) is 10.8. The lowest BCUT2D eigenvalue weighted by Gasteiger charge is -2.12. The van der Waals surface area contributed by atoms with Gasteiger partial charge in [0.1, 0.15) is 17.6 Å². The number of nitrogens with zero attached hydrogens (tertiary/aromatic N) is 2. The number of imidazole rings is 1. The highest BCUT2D eigenvalue weighted by Gasteiger charge is 2.12. The number of nitrogens with one attached hydrogen (secondary N) is 2. The van der Waals surface area contributed by atoms with Crippen molar-refractivity contribution >= 4 is 34.3 Å². The van der Waals surface area contributed by atoms with Crippen molar-refractivity contribution in [2.45, 2.75) is 6.92 Å². The van der Waals surface area contributed by atoms with Gasteiger partial charge in [-0.25, -0.2) is 4.98 Å². The van der Waals surface area contributed by atoms with Crippen molar-refractivity contribution < 1.29 is 19.0 Å². The van der Waals surface area contributed by atoms with Crippen molar-refractivity contribution in [3.8, 4) is 23.3 Å². The molecule has 4 rings (SSSR count). The number of nitriles is 1. The fraction of sp³-hybridized carbons (Fsp3) is 0.148. The van der Waals surface area contributed by atoms with E-state index in [-0.39, 0.29) is 12.5 Å². The van der Waals surface area contributed by atoms with Crippen molar-refractivity contribution in [2.24, 2.45) is 0 Å². The van der Waals surface area contributed by atoms with E-state index in [1.165, 1.54) is 7.11 Å². The number of benzene rings is 3. The molecule has 3 aromatic carbocycles. The van der Waals surface area contributed by atoms with E-state index in [4.69, 9.17) is 14.2 Å². The van der Waals surface area contributed by atoms with Crippen molar-refractivity contribution in [2.75, 3.05) is 26.1 Å². The quantitative estimate of drug-likeness (QED) is 0.353. The smallest absolute Gasteiger partial charge is 0.262 e. The molecular formula is C27H24N4O4. The molecule has 35 heavy (non-hydrogen) atoms. The number of amides is 1. The zero-order valence-corrected chi connectivity index (χ0v) is 19.6. The molecule has 0 aliphatic carbocycles. The molecule has 0 bridgehead atoms. The van der Waals surface area contributed by atoms with Crippen LogP contribution in [0.1, 0.15) is 17.0 Å². The zero-order chi connectivity index (χ0) is 24.8. The molecule has 0 fully saturated rings. The van der Waals surface area contributed by atoms with Gasteiger partial charge in [-0.1, -0.05) is 23.8 Å². The Bertz CT molecular complexity index is 1430. The summed E-state index contributed by atoms with van der Waals surface area (Å²) in [6.07, 6.45) is 1.70. The summed E-state index contributed by atoms with van der Waals surface area (Å²) in [7, 11) is 3.11. The highest BCUT2D eigenvalue weighted by molar-refractivity contribution is 5.92. The first-order valence-corrected chi connectivity index (χ1v) is 10.8. The molecule has 0 aliphatic rings. The lowest BCUT2D eigenvalue weighted by atomic mass is 10.1. The third-order valence-electron chi connectivity index (χ3n) is 5.26. The van der Waals surface area contributed by atoms with E-state index in [2.05, 4.69) is 21.4 Å². The average molecular weight is 469 g/mol. The Labute approximate surface area is 202 Å². The van der Waals surface area contributed by atoms with Crippen LogP contribution in [0.3, 0.4) is 0 Å². The minimum atomic E-state index is -0.284. The SMILES string of the molecule is COc1ccc2nc(C(C#N)=Cc3ccc(OCC(=O)Nc4ccc(C)cc4)c(OC)c3)[nH]c2c1. The molecule has 2 N–H and O–H groups in total. The fourth-order valence-corrected chi connectivity index (χ4v) is 3.43. The molecule has 1 heterocycles. The second kappa shape index (κ2) is 10.4. The third-order valence-corrected chi connectivity index (χ3v) is 5.26. The fourth-order valence-electron chi connectivity index (χ4n) is 3.43. The number of hydrogen-bond acceptors (Lipinski definition) is 6. The number of aromatic nitrogens is 2. The second-order valence-electron chi connectivity index (χ2n) is 7.75. The zero-order valence-electron chi connectivity index (χ0n) is 19.6. The molecule has 1 aromatic heterocycles. The van der Waals surface area contributed by atoms with Gasteiger partial charge in [0.25, 0.3) is 5.91 Å². The normalized spacial score (nSPS) is 11.1. The Kier molecular flexibility index (Phi) is 6.98. The van der Waals surface area contributed by atoms with Crippen molar-refractivity contribution in [1.82, 2.24) is 9.97 Å². The van der Waals surface area contributed by atoms with E-state index in [1.54, 1.807) is 31.4 Å². The van der Waals surface area contributed by atoms with E-state index in [9.17, 15) is 10.1 Å². The van der Waals surface area contributed by atoms with Gasteiger partial charge in [0.05, 0.1) is 30.8 Å². The monoisotopic (exact) mass is 468 g/mol. The van der Waals surface area contributed by atoms with Crippen molar-refractivity contribution in [3.05, 3.63) is 77.6 Å². The van der Waals surface area contributed by atoms with Gasteiger partial charge in [-0.05, 0) is 55.0 Å². The Hall–Kier alpha value is -4.77. The molecule has 0 atom stereocenters. The minimum absolute atomic E-state index is 0.175. The number of carbonyl (C=O) groups is 1. The molecule has 0 saturated carbocycles. The van der Waals surface area contributed by atoms with E-state index in [0.717, 1.165) is 16.6 Å². The van der Waals surface area contributed by atoms with Crippen LogP contribution in [0.5, 0.6) is 17.2 Å². The van der Waals surface area contributed by atoms with Crippen molar-refractivity contribution in [1.29, 1.82) is 5.26 Å². The molecule has 0 aliphatic heterocycles. The van der Waals surface area contributed by atoms with Gasteiger partial charge < -0.3 is 24.5 Å². The third kappa shape index (κ3) is 5.60. The maximum atomic E-state index is 12.3. The number of ether oxygens (including phenoxy) is 3. The van der Waals surface area contributed by atoms with Gasteiger partial charge >= 0.3 is 0 Å². The van der Waals surface area contributed by atoms with Crippen LogP contribution in [-0.2, 0) is 4.79 Å². The van der Waals surface area contributed by atoms with Gasteiger partial charge in [0.15, 0.2) is 18.1 Å². The first-order chi connectivity index (χ1) is 17.0. The number of aromatic amines is 1. The summed E-state index contributed by atoms with van der Waals surface area (Å²) in [6, 6.07) is 20.4. The highest BCUT2D eigenvalue weighted by Crippen LogP contribution is 2.30. The van der Waals surface area contributed by atoms with Gasteiger partial charge in [-0.2, -0.15) is 5.26 Å². The Morgan fingerprint density at radius 2 is 1.86 bits per heavy atom. The molecule has 4 aromatic rings. The lowest BCUT2D eigenvalue weighted by Crippen LogP contribution is -2.20. The molecular weight excluding hydrogens is 444 g/mol. The predicted molar refractivity (Wildman–Crippen MR) is 134 cm³/mol. The predicted octanol–water partition coefficient (Wildman–Crippen LogP) is 4.97. The van der Waals surface area contributed by atoms with Crippen LogP contribution in [0.4, 0.5) is 5.69 Å². The van der Waals surface area contributed by atoms with Crippen LogP contribution in [0.2, 0.25) is 0 Å². The number of methoxy groups -OCH3 is 2. The number of aryl methyl sites for hydroxylation is 1. The van der Waals surface area contributed by atoms with Gasteiger partial charge in [-0.3, -0.25) is 4.79 Å². The summed E-state index contributed by atoms with van der Waals surface area (Å²) in [5.41, 5.74) is 4.38. The molecule has 0 unspecified atom stereocenters. The molecule has 0 saturated heterocycles. The maximum Gasteiger partial charge on any atom is 0.262 e. The van der Waals surface area contributed by atoms with E-state index in [1.807, 2.05) is 49.4 Å². The summed E-state index contributed by atoms with van der Waals surface area (Å²) < 4.78 is 16.3. The number of carbonyl (C=O) groups excluding carboxylic acids is 1. The first kappa shape index (κ1) is 23.4. The number of anilines is 1. The molecule has 1 amide bonds. The van der Waals surface area contributed by atoms with E-state index < -0.39 is 0 Å². The van der Waals surface area contributed by atoms with Crippen LogP contribution in [-0.4, -0.2) is 36.7 Å². The lowest BCUT2D eigenvalue weighted by molar-refractivity contribution is -0.118. The number of H-pyrrole nitrogens is 1. The van der Waals surface area contributed by atoms with Crippen molar-refractivity contribution in [3.63, 3.8) is 0 Å². The molecule has 176 valence electrons. The van der Waals surface area contributed by atoms with Gasteiger partial charge in [-0.15, -0.1) is 0 Å². The van der Waals surface area contributed by atoms with E-state index >= 15 is 0 Å². The molecule has 0 radical (unpaired) electrons. The summed E-state index contributed by atoms with van der Waals surface area (Å²) in [5, 5.41) is 12.5. The molecule has 8 heteroatoms. The Balaban J connectivity index is 1.49. The van der Waals surface area contributed by atoms with Crippen LogP contribution >= 0.6 is 0 Å². The molecule has 8 nitrogen and oxygen atoms in total. The van der Waals surface area contributed by atoms with Gasteiger partial charge in [0.2, 0.25) is 0 Å². The number of fused-ring (bicyclic) bond motifs is 1.